The molecule has 1 saturated heterocycles. The summed E-state index contributed by atoms with van der Waals surface area (Å²) in [6.07, 6.45) is 7.44. The zero-order chi connectivity index (χ0) is 19.4. The lowest BCUT2D eigenvalue weighted by Gasteiger charge is -2.36. The van der Waals surface area contributed by atoms with Crippen LogP contribution in [0.2, 0.25) is 0 Å². The monoisotopic (exact) mass is 367 g/mol. The summed E-state index contributed by atoms with van der Waals surface area (Å²) >= 11 is 0. The maximum absolute atomic E-state index is 13.6. The molecule has 0 aromatic heterocycles. The number of carbonyl (C=O) groups excluding carboxylic acids is 1. The first kappa shape index (κ1) is 18.8. The second kappa shape index (κ2) is 7.70. The summed E-state index contributed by atoms with van der Waals surface area (Å²) in [5, 5.41) is 0. The number of allylic oxidation sites excluding steroid dienone is 1. The van der Waals surface area contributed by atoms with Crippen LogP contribution in [0.4, 0.5) is 5.69 Å². The molecule has 1 aromatic carbocycles. The number of rotatable bonds is 6. The highest BCUT2D eigenvalue weighted by molar-refractivity contribution is 6.09. The number of aliphatic imine (C=N–C) groups is 1. The lowest BCUT2D eigenvalue weighted by Crippen LogP contribution is -2.50. The highest BCUT2D eigenvalue weighted by Crippen LogP contribution is 2.46. The van der Waals surface area contributed by atoms with Crippen LogP contribution in [0, 0.1) is 0 Å². The largest absolute Gasteiger partial charge is 0.454 e. The van der Waals surface area contributed by atoms with Gasteiger partial charge in [0.15, 0.2) is 17.1 Å². The number of fused-ring (bicyclic) bond motifs is 1. The Labute approximate surface area is 160 Å². The van der Waals surface area contributed by atoms with Crippen molar-refractivity contribution in [2.24, 2.45) is 4.99 Å². The quantitative estimate of drug-likeness (QED) is 0.570. The van der Waals surface area contributed by atoms with Gasteiger partial charge in [0.25, 0.3) is 5.91 Å². The average Bonchev–Trinajstić information content (AvgIpc) is 3.25. The van der Waals surface area contributed by atoms with Crippen molar-refractivity contribution in [3.05, 3.63) is 66.3 Å². The Bertz CT molecular complexity index is 828. The van der Waals surface area contributed by atoms with Gasteiger partial charge in [-0.3, -0.25) is 9.79 Å². The van der Waals surface area contributed by atoms with Gasteiger partial charge in [0.1, 0.15) is 0 Å². The normalized spacial score (nSPS) is 24.4. The van der Waals surface area contributed by atoms with Crippen LogP contribution in [-0.2, 0) is 19.8 Å². The van der Waals surface area contributed by atoms with Gasteiger partial charge in [-0.1, -0.05) is 24.8 Å². The number of anilines is 1. The highest BCUT2D eigenvalue weighted by atomic mass is 16.7. The van der Waals surface area contributed by atoms with Crippen molar-refractivity contribution >= 4 is 17.9 Å². The van der Waals surface area contributed by atoms with Gasteiger partial charge in [-0.25, -0.2) is 0 Å². The number of benzene rings is 1. The van der Waals surface area contributed by atoms with Crippen LogP contribution in [0.5, 0.6) is 0 Å². The van der Waals surface area contributed by atoms with Crippen LogP contribution in [0.15, 0.2) is 65.7 Å². The molecule has 2 aliphatic rings. The van der Waals surface area contributed by atoms with Gasteiger partial charge in [-0.2, -0.15) is 0 Å². The van der Waals surface area contributed by atoms with Gasteiger partial charge in [0, 0.05) is 31.3 Å². The molecule has 1 aromatic rings. The van der Waals surface area contributed by atoms with Crippen molar-refractivity contribution in [1.29, 1.82) is 0 Å². The molecule has 3 rings (SSSR count). The van der Waals surface area contributed by atoms with E-state index in [4.69, 9.17) is 9.47 Å². The molecule has 1 amide bonds. The summed E-state index contributed by atoms with van der Waals surface area (Å²) in [5.74, 6) is 1.32. The SMILES string of the molecule is C=CN(C=NC)C1(C/C=C2/OCO/C2=C/C)C(=O)N(CC)c2ccccc21. The molecule has 0 radical (unpaired) electrons. The lowest BCUT2D eigenvalue weighted by atomic mass is 9.86. The lowest BCUT2D eigenvalue weighted by molar-refractivity contribution is -0.126. The van der Waals surface area contributed by atoms with Gasteiger partial charge in [0.05, 0.1) is 6.34 Å². The molecule has 1 atom stereocenters. The molecule has 142 valence electrons. The van der Waals surface area contributed by atoms with Gasteiger partial charge in [-0.15, -0.1) is 0 Å². The highest BCUT2D eigenvalue weighted by Gasteiger charge is 2.53. The predicted molar refractivity (Wildman–Crippen MR) is 106 cm³/mol. The molecule has 6 nitrogen and oxygen atoms in total. The average molecular weight is 367 g/mol. The molecule has 0 N–H and O–H groups in total. The Hall–Kier alpha value is -3.02. The first-order valence-corrected chi connectivity index (χ1v) is 9.01. The minimum absolute atomic E-state index is 0.0104. The van der Waals surface area contributed by atoms with Crippen LogP contribution in [0.1, 0.15) is 25.8 Å². The van der Waals surface area contributed by atoms with E-state index in [-0.39, 0.29) is 12.7 Å². The number of hydrogen-bond donors (Lipinski definition) is 0. The standard InChI is InChI=1S/C21H25N3O3/c1-5-18-19(27-15-26-18)12-13-21(23(6-2)14-22-4)16-10-8-9-11-17(16)24(7-3)20(21)25/h5-6,8-12,14H,2,7,13,15H2,1,3-4H3/b18-5+,19-12+,22-14?. The number of carbonyl (C=O) groups is 1. The molecule has 0 spiro atoms. The molecule has 27 heavy (non-hydrogen) atoms. The van der Waals surface area contributed by atoms with E-state index in [2.05, 4.69) is 11.6 Å². The van der Waals surface area contributed by atoms with E-state index in [1.807, 2.05) is 50.3 Å². The Morgan fingerprint density at radius 2 is 2.07 bits per heavy atom. The Kier molecular flexibility index (Phi) is 5.35. The van der Waals surface area contributed by atoms with Crippen LogP contribution >= 0.6 is 0 Å². The van der Waals surface area contributed by atoms with E-state index in [0.717, 1.165) is 11.3 Å². The molecular formula is C21H25N3O3. The van der Waals surface area contributed by atoms with Crippen molar-refractivity contribution < 1.29 is 14.3 Å². The minimum atomic E-state index is -0.967. The van der Waals surface area contributed by atoms with E-state index in [9.17, 15) is 4.79 Å². The number of nitrogens with zero attached hydrogens (tertiary/aromatic N) is 3. The fraction of sp³-hybridized carbons (Fsp3) is 0.333. The maximum atomic E-state index is 13.6. The summed E-state index contributed by atoms with van der Waals surface area (Å²) in [6.45, 7) is 8.55. The zero-order valence-electron chi connectivity index (χ0n) is 16.0. The Morgan fingerprint density at radius 1 is 1.33 bits per heavy atom. The molecule has 1 unspecified atom stereocenters. The number of para-hydroxylation sites is 1. The van der Waals surface area contributed by atoms with Crippen molar-refractivity contribution in [3.8, 4) is 0 Å². The molecule has 0 saturated carbocycles. The summed E-state index contributed by atoms with van der Waals surface area (Å²) in [7, 11) is 1.68. The Morgan fingerprint density at radius 3 is 2.74 bits per heavy atom. The molecule has 1 fully saturated rings. The first-order chi connectivity index (χ1) is 13.1. The molecule has 2 aliphatic heterocycles. The first-order valence-electron chi connectivity index (χ1n) is 9.01. The third kappa shape index (κ3) is 2.91. The number of hydrogen-bond acceptors (Lipinski definition) is 4. The van der Waals surface area contributed by atoms with E-state index < -0.39 is 5.54 Å². The van der Waals surface area contributed by atoms with Gasteiger partial charge >= 0.3 is 0 Å². The van der Waals surface area contributed by atoms with E-state index in [0.29, 0.717) is 24.5 Å². The third-order valence-electron chi connectivity index (χ3n) is 4.95. The van der Waals surface area contributed by atoms with Crippen molar-refractivity contribution in [3.63, 3.8) is 0 Å². The molecule has 0 aliphatic carbocycles. The van der Waals surface area contributed by atoms with E-state index >= 15 is 0 Å². The second-order valence-corrected chi connectivity index (χ2v) is 6.22. The van der Waals surface area contributed by atoms with Crippen LogP contribution in [0.25, 0.3) is 0 Å². The molecule has 6 heteroatoms. The zero-order valence-corrected chi connectivity index (χ0v) is 16.0. The van der Waals surface area contributed by atoms with Crippen LogP contribution in [0.3, 0.4) is 0 Å². The van der Waals surface area contributed by atoms with E-state index in [1.165, 1.54) is 0 Å². The number of likely N-dealkylation sites (N-methyl/N-ethyl adjacent to an activating group) is 1. The van der Waals surface area contributed by atoms with E-state index in [1.54, 1.807) is 29.4 Å². The predicted octanol–water partition coefficient (Wildman–Crippen LogP) is 3.53. The summed E-state index contributed by atoms with van der Waals surface area (Å²) in [6, 6.07) is 7.86. The molecule has 0 bridgehead atoms. The van der Waals surface area contributed by atoms with Crippen LogP contribution in [-0.4, -0.2) is 37.5 Å². The fourth-order valence-electron chi connectivity index (χ4n) is 3.72. The summed E-state index contributed by atoms with van der Waals surface area (Å²) < 4.78 is 11.0. The fourth-order valence-corrected chi connectivity index (χ4v) is 3.72. The minimum Gasteiger partial charge on any atom is -0.454 e. The Balaban J connectivity index is 2.16. The number of amides is 1. The van der Waals surface area contributed by atoms with Crippen LogP contribution < -0.4 is 4.90 Å². The third-order valence-corrected chi connectivity index (χ3v) is 4.95. The van der Waals surface area contributed by atoms with Crippen molar-refractivity contribution in [2.75, 3.05) is 25.3 Å². The summed E-state index contributed by atoms with van der Waals surface area (Å²) in [4.78, 5) is 21.3. The smallest absolute Gasteiger partial charge is 0.258 e. The van der Waals surface area contributed by atoms with Crippen molar-refractivity contribution in [1.82, 2.24) is 4.90 Å². The topological polar surface area (TPSA) is 54.4 Å². The maximum Gasteiger partial charge on any atom is 0.258 e. The summed E-state index contributed by atoms with van der Waals surface area (Å²) in [5.41, 5.74) is 0.870. The number of ether oxygens (including phenoxy) is 2. The molecule has 2 heterocycles. The molecular weight excluding hydrogens is 342 g/mol. The van der Waals surface area contributed by atoms with Crippen molar-refractivity contribution in [2.45, 2.75) is 25.8 Å². The van der Waals surface area contributed by atoms with Gasteiger partial charge in [-0.05, 0) is 38.3 Å². The van der Waals surface area contributed by atoms with Gasteiger partial charge in [0.2, 0.25) is 6.79 Å². The second-order valence-electron chi connectivity index (χ2n) is 6.22. The van der Waals surface area contributed by atoms with Gasteiger partial charge < -0.3 is 19.3 Å².